The first kappa shape index (κ1) is 20.9. The predicted octanol–water partition coefficient (Wildman–Crippen LogP) is 4.38. The van der Waals surface area contributed by atoms with Crippen LogP contribution in [0.2, 0.25) is 0 Å². The van der Waals surface area contributed by atoms with Crippen LogP contribution in [0.4, 0.5) is 11.4 Å². The van der Waals surface area contributed by atoms with Crippen molar-refractivity contribution in [3.63, 3.8) is 0 Å². The zero-order valence-electron chi connectivity index (χ0n) is 17.2. The van der Waals surface area contributed by atoms with Gasteiger partial charge >= 0.3 is 0 Å². The summed E-state index contributed by atoms with van der Waals surface area (Å²) in [6.07, 6.45) is -0.757. The Morgan fingerprint density at radius 1 is 0.900 bits per heavy atom. The molecule has 1 N–H and O–H groups in total. The van der Waals surface area contributed by atoms with Crippen molar-refractivity contribution in [3.8, 4) is 11.5 Å². The lowest BCUT2D eigenvalue weighted by molar-refractivity contribution is -0.122. The maximum Gasteiger partial charge on any atom is 0.265 e. The minimum Gasteiger partial charge on any atom is -0.493 e. The van der Waals surface area contributed by atoms with Crippen LogP contribution in [0.15, 0.2) is 78.9 Å². The van der Waals surface area contributed by atoms with Crippen LogP contribution in [0.1, 0.15) is 17.3 Å². The van der Waals surface area contributed by atoms with Gasteiger partial charge in [-0.1, -0.05) is 36.4 Å². The van der Waals surface area contributed by atoms with E-state index in [1.807, 2.05) is 36.4 Å². The van der Waals surface area contributed by atoms with E-state index in [1.165, 1.54) is 0 Å². The monoisotopic (exact) mass is 404 g/mol. The number of carbonyl (C=O) groups excluding carboxylic acids is 2. The molecular formula is C24H24N2O4. The summed E-state index contributed by atoms with van der Waals surface area (Å²) in [6, 6.07) is 23.3. The van der Waals surface area contributed by atoms with Crippen molar-refractivity contribution in [2.24, 2.45) is 0 Å². The van der Waals surface area contributed by atoms with Crippen molar-refractivity contribution < 1.29 is 19.1 Å². The van der Waals surface area contributed by atoms with Gasteiger partial charge in [0.1, 0.15) is 0 Å². The molecule has 0 aliphatic carbocycles. The SMILES string of the molecule is COc1ccccc1OC(C)C(=O)Nc1cccc(C(=O)N(C)c2ccccc2)c1. The molecule has 1 unspecified atom stereocenters. The smallest absolute Gasteiger partial charge is 0.265 e. The molecule has 0 saturated carbocycles. The average molecular weight is 404 g/mol. The third-order valence-electron chi connectivity index (χ3n) is 4.57. The first-order valence-electron chi connectivity index (χ1n) is 9.53. The fraction of sp³-hybridized carbons (Fsp3) is 0.167. The fourth-order valence-electron chi connectivity index (χ4n) is 2.90. The van der Waals surface area contributed by atoms with Gasteiger partial charge in [0.15, 0.2) is 17.6 Å². The Morgan fingerprint density at radius 2 is 1.57 bits per heavy atom. The highest BCUT2D eigenvalue weighted by molar-refractivity contribution is 6.06. The molecule has 3 aromatic carbocycles. The molecule has 0 aromatic heterocycles. The molecule has 30 heavy (non-hydrogen) atoms. The highest BCUT2D eigenvalue weighted by atomic mass is 16.5. The van der Waals surface area contributed by atoms with Gasteiger partial charge in [0.25, 0.3) is 11.8 Å². The van der Waals surface area contributed by atoms with Gasteiger partial charge in [-0.25, -0.2) is 0 Å². The highest BCUT2D eigenvalue weighted by Crippen LogP contribution is 2.27. The molecule has 0 spiro atoms. The van der Waals surface area contributed by atoms with Crippen molar-refractivity contribution in [1.82, 2.24) is 0 Å². The third-order valence-corrected chi connectivity index (χ3v) is 4.57. The van der Waals surface area contributed by atoms with Crippen molar-refractivity contribution in [2.45, 2.75) is 13.0 Å². The van der Waals surface area contributed by atoms with Crippen molar-refractivity contribution in [3.05, 3.63) is 84.4 Å². The molecular weight excluding hydrogens is 380 g/mol. The number of para-hydroxylation sites is 3. The summed E-state index contributed by atoms with van der Waals surface area (Å²) < 4.78 is 11.0. The minimum absolute atomic E-state index is 0.171. The molecule has 3 aromatic rings. The lowest BCUT2D eigenvalue weighted by Crippen LogP contribution is -2.30. The number of nitrogens with one attached hydrogen (secondary N) is 1. The maximum atomic E-state index is 12.8. The van der Waals surface area contributed by atoms with Crippen LogP contribution in [0.25, 0.3) is 0 Å². The minimum atomic E-state index is -0.757. The van der Waals surface area contributed by atoms with Gasteiger partial charge in [-0.2, -0.15) is 0 Å². The zero-order chi connectivity index (χ0) is 21.5. The number of rotatable bonds is 7. The second-order valence-corrected chi connectivity index (χ2v) is 6.68. The van der Waals surface area contributed by atoms with E-state index in [-0.39, 0.29) is 11.8 Å². The van der Waals surface area contributed by atoms with E-state index in [9.17, 15) is 9.59 Å². The summed E-state index contributed by atoms with van der Waals surface area (Å²) in [5, 5.41) is 2.80. The van der Waals surface area contributed by atoms with Gasteiger partial charge in [-0.3, -0.25) is 9.59 Å². The summed E-state index contributed by atoms with van der Waals surface area (Å²) in [5.74, 6) is 0.530. The number of anilines is 2. The van der Waals surface area contributed by atoms with Crippen LogP contribution >= 0.6 is 0 Å². The molecule has 6 heteroatoms. The molecule has 2 amide bonds. The second-order valence-electron chi connectivity index (χ2n) is 6.68. The molecule has 0 radical (unpaired) electrons. The number of amides is 2. The number of nitrogens with zero attached hydrogens (tertiary/aromatic N) is 1. The van der Waals surface area contributed by atoms with Gasteiger partial charge in [-0.15, -0.1) is 0 Å². The Hall–Kier alpha value is -3.80. The van der Waals surface area contributed by atoms with E-state index in [0.29, 0.717) is 22.7 Å². The largest absolute Gasteiger partial charge is 0.493 e. The van der Waals surface area contributed by atoms with Crippen LogP contribution in [0, 0.1) is 0 Å². The van der Waals surface area contributed by atoms with Crippen LogP contribution in [0.5, 0.6) is 11.5 Å². The van der Waals surface area contributed by atoms with E-state index in [1.54, 1.807) is 68.4 Å². The van der Waals surface area contributed by atoms with Gasteiger partial charge < -0.3 is 19.7 Å². The molecule has 0 bridgehead atoms. The Morgan fingerprint density at radius 3 is 2.27 bits per heavy atom. The van der Waals surface area contributed by atoms with Crippen molar-refractivity contribution in [1.29, 1.82) is 0 Å². The van der Waals surface area contributed by atoms with Gasteiger partial charge in [0.05, 0.1) is 7.11 Å². The highest BCUT2D eigenvalue weighted by Gasteiger charge is 2.18. The molecule has 1 atom stereocenters. The summed E-state index contributed by atoms with van der Waals surface area (Å²) in [6.45, 7) is 1.65. The summed E-state index contributed by atoms with van der Waals surface area (Å²) >= 11 is 0. The summed E-state index contributed by atoms with van der Waals surface area (Å²) in [5.41, 5.74) is 1.77. The third kappa shape index (κ3) is 4.97. The van der Waals surface area contributed by atoms with Crippen molar-refractivity contribution >= 4 is 23.2 Å². The number of carbonyl (C=O) groups is 2. The molecule has 0 fully saturated rings. The van der Waals surface area contributed by atoms with Gasteiger partial charge in [-0.05, 0) is 49.4 Å². The van der Waals surface area contributed by atoms with Gasteiger partial charge in [0, 0.05) is 24.0 Å². The Balaban J connectivity index is 1.68. The topological polar surface area (TPSA) is 67.9 Å². The van der Waals surface area contributed by atoms with Gasteiger partial charge in [0.2, 0.25) is 0 Å². The van der Waals surface area contributed by atoms with E-state index in [4.69, 9.17) is 9.47 Å². The lowest BCUT2D eigenvalue weighted by atomic mass is 10.1. The first-order valence-corrected chi connectivity index (χ1v) is 9.53. The van der Waals surface area contributed by atoms with E-state index in [2.05, 4.69) is 5.32 Å². The summed E-state index contributed by atoms with van der Waals surface area (Å²) in [7, 11) is 3.26. The molecule has 0 saturated heterocycles. The normalized spacial score (nSPS) is 11.3. The van der Waals surface area contributed by atoms with E-state index < -0.39 is 6.10 Å². The number of hydrogen-bond acceptors (Lipinski definition) is 4. The average Bonchev–Trinajstić information content (AvgIpc) is 2.79. The summed E-state index contributed by atoms with van der Waals surface area (Å²) in [4.78, 5) is 26.9. The number of hydrogen-bond donors (Lipinski definition) is 1. The Labute approximate surface area is 176 Å². The standard InChI is InChI=1S/C24H24N2O4/c1-17(30-22-15-8-7-14-21(22)29-3)23(27)25-19-11-9-10-18(16-19)24(28)26(2)20-12-5-4-6-13-20/h4-17H,1-3H3,(H,25,27). The molecule has 0 aliphatic heterocycles. The zero-order valence-corrected chi connectivity index (χ0v) is 17.2. The first-order chi connectivity index (χ1) is 14.5. The van der Waals surface area contributed by atoms with E-state index >= 15 is 0 Å². The Kier molecular flexibility index (Phi) is 6.70. The fourth-order valence-corrected chi connectivity index (χ4v) is 2.90. The van der Waals surface area contributed by atoms with Crippen molar-refractivity contribution in [2.75, 3.05) is 24.4 Å². The second kappa shape index (κ2) is 9.60. The molecule has 0 aliphatic rings. The van der Waals surface area contributed by atoms with Crippen LogP contribution in [-0.4, -0.2) is 32.1 Å². The molecule has 0 heterocycles. The lowest BCUT2D eigenvalue weighted by Gasteiger charge is -2.18. The predicted molar refractivity (Wildman–Crippen MR) is 117 cm³/mol. The number of benzene rings is 3. The maximum absolute atomic E-state index is 12.8. The number of methoxy groups -OCH3 is 1. The van der Waals surface area contributed by atoms with E-state index in [0.717, 1.165) is 5.69 Å². The van der Waals surface area contributed by atoms with Crippen LogP contribution in [-0.2, 0) is 4.79 Å². The number of ether oxygens (including phenoxy) is 2. The quantitative estimate of drug-likeness (QED) is 0.635. The molecule has 3 rings (SSSR count). The Bertz CT molecular complexity index is 1020. The molecule has 154 valence electrons. The van der Waals surface area contributed by atoms with Crippen LogP contribution < -0.4 is 19.7 Å². The molecule has 6 nitrogen and oxygen atoms in total. The van der Waals surface area contributed by atoms with Crippen LogP contribution in [0.3, 0.4) is 0 Å².